The van der Waals surface area contributed by atoms with E-state index in [2.05, 4.69) is 20.3 Å². The first kappa shape index (κ1) is 17.8. The van der Waals surface area contributed by atoms with Crippen LogP contribution in [0.25, 0.3) is 5.57 Å². The molecule has 3 N–H and O–H groups in total. The molecule has 142 valence electrons. The third kappa shape index (κ3) is 3.48. The molecule has 0 saturated carbocycles. The quantitative estimate of drug-likeness (QED) is 0.826. The van der Waals surface area contributed by atoms with Crippen LogP contribution in [0.4, 0.5) is 10.3 Å². The van der Waals surface area contributed by atoms with Gasteiger partial charge in [-0.25, -0.2) is 9.37 Å². The first-order valence-corrected chi connectivity index (χ1v) is 8.76. The maximum absolute atomic E-state index is 13.3. The van der Waals surface area contributed by atoms with E-state index in [1.165, 1.54) is 12.1 Å². The second-order valence-electron chi connectivity index (χ2n) is 6.54. The topological polar surface area (TPSA) is 103 Å². The van der Waals surface area contributed by atoms with Gasteiger partial charge in [-0.1, -0.05) is 30.4 Å². The van der Waals surface area contributed by atoms with Gasteiger partial charge in [-0.3, -0.25) is 4.79 Å². The number of nitrogens with one attached hydrogen (secondary N) is 1. The van der Waals surface area contributed by atoms with E-state index in [-0.39, 0.29) is 11.7 Å². The Balaban J connectivity index is 1.55. The molecule has 0 bridgehead atoms. The Kier molecular flexibility index (Phi) is 4.60. The van der Waals surface area contributed by atoms with Gasteiger partial charge in [0, 0.05) is 12.1 Å². The van der Waals surface area contributed by atoms with Crippen LogP contribution in [0.3, 0.4) is 0 Å². The second-order valence-corrected chi connectivity index (χ2v) is 6.54. The zero-order valence-corrected chi connectivity index (χ0v) is 15.1. The number of halogens is 1. The molecule has 1 aliphatic heterocycles. The summed E-state index contributed by atoms with van der Waals surface area (Å²) in [5.74, 6) is 0.345. The average molecular weight is 379 g/mol. The summed E-state index contributed by atoms with van der Waals surface area (Å²) in [5.41, 5.74) is 7.37. The summed E-state index contributed by atoms with van der Waals surface area (Å²) in [6.45, 7) is 2.13. The Morgan fingerprint density at radius 2 is 2.18 bits per heavy atom. The minimum Gasteiger partial charge on any atom is -0.492 e. The number of amides is 1. The van der Waals surface area contributed by atoms with E-state index >= 15 is 0 Å². The maximum atomic E-state index is 13.3. The molecule has 8 heteroatoms. The molecule has 2 heterocycles. The molecular formula is C20H18FN5O2. The number of allylic oxidation sites excluding steroid dienone is 2. The van der Waals surface area contributed by atoms with Crippen LogP contribution in [0.5, 0.6) is 0 Å². The fraction of sp³-hybridized carbons (Fsp3) is 0.200. The zero-order valence-electron chi connectivity index (χ0n) is 15.1. The summed E-state index contributed by atoms with van der Waals surface area (Å²) in [6, 6.07) is 6.30. The molecule has 28 heavy (non-hydrogen) atoms. The van der Waals surface area contributed by atoms with Crippen molar-refractivity contribution in [2.75, 3.05) is 5.32 Å². The molecule has 0 saturated heterocycles. The molecule has 1 aromatic carbocycles. The number of carbonyl (C=O) groups excluding carboxylic acids is 1. The number of primary amides is 1. The van der Waals surface area contributed by atoms with Crippen molar-refractivity contribution in [3.8, 4) is 0 Å². The van der Waals surface area contributed by atoms with Crippen LogP contribution in [-0.2, 0) is 16.1 Å². The van der Waals surface area contributed by atoms with Crippen LogP contribution in [-0.4, -0.2) is 27.0 Å². The molecule has 4 rings (SSSR count). The number of benzene rings is 1. The molecular weight excluding hydrogens is 361 g/mol. The van der Waals surface area contributed by atoms with Crippen molar-refractivity contribution in [3.05, 3.63) is 77.4 Å². The van der Waals surface area contributed by atoms with Crippen LogP contribution in [0, 0.1) is 18.7 Å². The van der Waals surface area contributed by atoms with E-state index in [9.17, 15) is 9.18 Å². The Hall–Kier alpha value is -3.55. The summed E-state index contributed by atoms with van der Waals surface area (Å²) in [4.78, 5) is 24.8. The Bertz CT molecular complexity index is 1030. The number of anilines is 1. The molecule has 2 aromatic rings. The van der Waals surface area contributed by atoms with E-state index in [1.54, 1.807) is 31.4 Å². The number of carbonyl (C=O) groups is 1. The summed E-state index contributed by atoms with van der Waals surface area (Å²) in [6.07, 6.45) is 6.45. The Morgan fingerprint density at radius 1 is 1.32 bits per heavy atom. The largest absolute Gasteiger partial charge is 0.492 e. The highest BCUT2D eigenvalue weighted by Crippen LogP contribution is 2.38. The number of hydrogen-bond donors (Lipinski definition) is 2. The third-order valence-corrected chi connectivity index (χ3v) is 4.56. The van der Waals surface area contributed by atoms with Crippen molar-refractivity contribution in [2.24, 2.45) is 11.7 Å². The summed E-state index contributed by atoms with van der Waals surface area (Å²) < 4.78 is 19.0. The zero-order chi connectivity index (χ0) is 19.7. The van der Waals surface area contributed by atoms with E-state index in [4.69, 9.17) is 10.5 Å². The number of aromatic nitrogens is 3. The van der Waals surface area contributed by atoms with Gasteiger partial charge in [0.15, 0.2) is 5.82 Å². The van der Waals surface area contributed by atoms with E-state index in [0.29, 0.717) is 29.7 Å². The minimum absolute atomic E-state index is 0.203. The fourth-order valence-corrected chi connectivity index (χ4v) is 3.26. The van der Waals surface area contributed by atoms with Crippen LogP contribution in [0.15, 0.2) is 54.3 Å². The fourth-order valence-electron chi connectivity index (χ4n) is 3.26. The standard InChI is InChI=1S/C20H18FN5O2/c1-11-24-19(16-10-28-17-14(16)6-3-7-15(17)18(22)27)26-20(25-11)23-9-12-4-2-5-13(21)8-12/h2-8,10,14,17H,9H2,1H3,(H2,22,27)(H,23,24,25,26). The van der Waals surface area contributed by atoms with Gasteiger partial charge >= 0.3 is 0 Å². The van der Waals surface area contributed by atoms with Crippen molar-refractivity contribution in [2.45, 2.75) is 19.6 Å². The van der Waals surface area contributed by atoms with Gasteiger partial charge in [0.2, 0.25) is 11.9 Å². The SMILES string of the molecule is Cc1nc(NCc2cccc(F)c2)nc(C2=COC3C(C(N)=O)=CC=CC23)n1. The van der Waals surface area contributed by atoms with Gasteiger partial charge in [0.1, 0.15) is 17.7 Å². The van der Waals surface area contributed by atoms with Crippen molar-refractivity contribution in [1.29, 1.82) is 0 Å². The van der Waals surface area contributed by atoms with Crippen molar-refractivity contribution >= 4 is 17.4 Å². The van der Waals surface area contributed by atoms with Gasteiger partial charge in [-0.15, -0.1) is 0 Å². The van der Waals surface area contributed by atoms with Gasteiger partial charge < -0.3 is 15.8 Å². The van der Waals surface area contributed by atoms with Crippen molar-refractivity contribution in [1.82, 2.24) is 15.0 Å². The Morgan fingerprint density at radius 3 is 2.96 bits per heavy atom. The lowest BCUT2D eigenvalue weighted by Crippen LogP contribution is -2.30. The number of hydrogen-bond acceptors (Lipinski definition) is 6. The van der Waals surface area contributed by atoms with E-state index in [1.807, 2.05) is 12.1 Å². The summed E-state index contributed by atoms with van der Waals surface area (Å²) in [5, 5.41) is 3.09. The van der Waals surface area contributed by atoms with Crippen LogP contribution in [0.1, 0.15) is 17.2 Å². The number of rotatable bonds is 5. The molecule has 0 spiro atoms. The highest BCUT2D eigenvalue weighted by molar-refractivity contribution is 5.94. The lowest BCUT2D eigenvalue weighted by molar-refractivity contribution is -0.115. The monoisotopic (exact) mass is 379 g/mol. The molecule has 1 aliphatic carbocycles. The molecule has 7 nitrogen and oxygen atoms in total. The molecule has 2 unspecified atom stereocenters. The van der Waals surface area contributed by atoms with Crippen molar-refractivity contribution < 1.29 is 13.9 Å². The van der Waals surface area contributed by atoms with Gasteiger partial charge in [-0.2, -0.15) is 9.97 Å². The molecule has 1 amide bonds. The Labute approximate surface area is 160 Å². The number of aryl methyl sites for hydroxylation is 1. The van der Waals surface area contributed by atoms with Gasteiger partial charge in [0.05, 0.1) is 17.8 Å². The lowest BCUT2D eigenvalue weighted by Gasteiger charge is -2.21. The summed E-state index contributed by atoms with van der Waals surface area (Å²) >= 11 is 0. The second kappa shape index (κ2) is 7.22. The molecule has 2 aliphatic rings. The molecule has 0 radical (unpaired) electrons. The lowest BCUT2D eigenvalue weighted by atomic mass is 9.86. The highest BCUT2D eigenvalue weighted by Gasteiger charge is 2.38. The number of fused-ring (bicyclic) bond motifs is 1. The number of nitrogens with zero attached hydrogens (tertiary/aromatic N) is 3. The molecule has 2 atom stereocenters. The van der Waals surface area contributed by atoms with E-state index < -0.39 is 12.0 Å². The smallest absolute Gasteiger partial charge is 0.248 e. The third-order valence-electron chi connectivity index (χ3n) is 4.56. The summed E-state index contributed by atoms with van der Waals surface area (Å²) in [7, 11) is 0. The van der Waals surface area contributed by atoms with Gasteiger partial charge in [0.25, 0.3) is 0 Å². The van der Waals surface area contributed by atoms with Crippen LogP contribution < -0.4 is 11.1 Å². The first-order chi connectivity index (χ1) is 13.5. The predicted octanol–water partition coefficient (Wildman–Crippen LogP) is 2.27. The number of ether oxygens (including phenoxy) is 1. The predicted molar refractivity (Wildman–Crippen MR) is 101 cm³/mol. The normalized spacial score (nSPS) is 20.1. The van der Waals surface area contributed by atoms with Crippen molar-refractivity contribution in [3.63, 3.8) is 0 Å². The molecule has 1 aromatic heterocycles. The van der Waals surface area contributed by atoms with Crippen LogP contribution in [0.2, 0.25) is 0 Å². The first-order valence-electron chi connectivity index (χ1n) is 8.76. The maximum Gasteiger partial charge on any atom is 0.248 e. The van der Waals surface area contributed by atoms with Gasteiger partial charge in [-0.05, 0) is 24.6 Å². The van der Waals surface area contributed by atoms with Crippen LogP contribution >= 0.6 is 0 Å². The number of nitrogens with two attached hydrogens (primary N) is 1. The minimum atomic E-state index is -0.515. The average Bonchev–Trinajstić information content (AvgIpc) is 3.10. The molecule has 0 fully saturated rings. The van der Waals surface area contributed by atoms with E-state index in [0.717, 1.165) is 11.1 Å². The highest BCUT2D eigenvalue weighted by atomic mass is 19.1.